The first-order chi connectivity index (χ1) is 10.1. The van der Waals surface area contributed by atoms with Crippen LogP contribution in [0.2, 0.25) is 0 Å². The second-order valence-electron chi connectivity index (χ2n) is 4.72. The molecule has 1 unspecified atom stereocenters. The first-order valence-corrected chi connectivity index (χ1v) is 10.1. The van der Waals surface area contributed by atoms with Crippen molar-refractivity contribution >= 4 is 18.1 Å². The molecule has 0 fully saturated rings. The second-order valence-corrected chi connectivity index (χ2v) is 9.13. The van der Waals surface area contributed by atoms with Crippen LogP contribution in [0, 0.1) is 0 Å². The summed E-state index contributed by atoms with van der Waals surface area (Å²) in [5.74, 6) is 0.965. The van der Waals surface area contributed by atoms with Crippen LogP contribution in [-0.4, -0.2) is 12.9 Å². The zero-order valence-corrected chi connectivity index (χ0v) is 13.7. The molecule has 0 radical (unpaired) electrons. The van der Waals surface area contributed by atoms with E-state index in [0.29, 0.717) is 5.75 Å². The second kappa shape index (κ2) is 7.81. The molecule has 2 rings (SSSR count). The summed E-state index contributed by atoms with van der Waals surface area (Å²) in [6.07, 6.45) is 0.864. The quantitative estimate of drug-likeness (QED) is 0.754. The number of rotatable bonds is 7. The Balaban J connectivity index is 2.12. The van der Waals surface area contributed by atoms with Crippen molar-refractivity contribution in [1.29, 1.82) is 0 Å². The number of hydrogen-bond acceptors (Lipinski definition) is 3. The molecule has 21 heavy (non-hydrogen) atoms. The maximum Gasteiger partial charge on any atom is 0.323 e. The molecule has 0 heterocycles. The highest BCUT2D eigenvalue weighted by Gasteiger charge is 2.18. The fraction of sp³-hybridized carbons (Fsp3) is 0.250. The van der Waals surface area contributed by atoms with Crippen molar-refractivity contribution in [3.8, 4) is 0 Å². The van der Waals surface area contributed by atoms with Crippen molar-refractivity contribution in [2.45, 2.75) is 12.3 Å². The van der Waals surface area contributed by atoms with E-state index in [4.69, 9.17) is 10.0 Å². The molecule has 3 nitrogen and oxygen atoms in total. The van der Waals surface area contributed by atoms with Gasteiger partial charge in [-0.2, -0.15) is 0 Å². The Morgan fingerprint density at radius 1 is 1.05 bits per heavy atom. The topological polar surface area (TPSA) is 52.3 Å². The number of nitrogens with two attached hydrogens (primary N) is 1. The average molecular weight is 321 g/mol. The molecular weight excluding hydrogens is 301 g/mol. The Hall–Kier alpha value is -1.06. The molecule has 0 aromatic heterocycles. The molecule has 0 saturated carbocycles. The fourth-order valence-electron chi connectivity index (χ4n) is 2.25. The molecule has 2 aromatic carbocycles. The zero-order chi connectivity index (χ0) is 15.1. The minimum Gasteiger partial charge on any atom is -0.313 e. The van der Waals surface area contributed by atoms with Crippen molar-refractivity contribution < 1.29 is 9.09 Å². The van der Waals surface area contributed by atoms with E-state index in [1.54, 1.807) is 0 Å². The number of benzene rings is 2. The molecule has 0 aliphatic heterocycles. The van der Waals surface area contributed by atoms with Crippen LogP contribution in [0.3, 0.4) is 0 Å². The third-order valence-corrected chi connectivity index (χ3v) is 6.70. The number of hydrogen-bond donors (Lipinski definition) is 1. The van der Waals surface area contributed by atoms with E-state index >= 15 is 0 Å². The molecule has 2 aromatic rings. The normalized spacial score (nSPS) is 14.0. The SMILES string of the molecule is COP(N)(=O)SCCC(c1ccccc1)c1ccccc1. The summed E-state index contributed by atoms with van der Waals surface area (Å²) in [6, 6.07) is 20.7. The summed E-state index contributed by atoms with van der Waals surface area (Å²) in [7, 11) is 1.39. The van der Waals surface area contributed by atoms with Gasteiger partial charge in [0.15, 0.2) is 0 Å². The molecule has 0 bridgehead atoms. The molecular formula is C16H20NO2PS. The van der Waals surface area contributed by atoms with Gasteiger partial charge in [-0.25, -0.2) is 0 Å². The molecule has 0 aliphatic carbocycles. The molecule has 0 spiro atoms. The lowest BCUT2D eigenvalue weighted by Gasteiger charge is -2.18. The lowest BCUT2D eigenvalue weighted by atomic mass is 9.89. The Kier molecular flexibility index (Phi) is 6.07. The van der Waals surface area contributed by atoms with Gasteiger partial charge >= 0.3 is 6.72 Å². The van der Waals surface area contributed by atoms with Crippen LogP contribution >= 0.6 is 18.1 Å². The summed E-state index contributed by atoms with van der Waals surface area (Å²) in [6.45, 7) is -3.00. The van der Waals surface area contributed by atoms with Gasteiger partial charge in [0.25, 0.3) is 0 Å². The average Bonchev–Trinajstić information content (AvgIpc) is 2.53. The van der Waals surface area contributed by atoms with Crippen LogP contribution in [0.5, 0.6) is 0 Å². The van der Waals surface area contributed by atoms with Crippen LogP contribution in [0.25, 0.3) is 0 Å². The monoisotopic (exact) mass is 321 g/mol. The van der Waals surface area contributed by atoms with Crippen LogP contribution in [0.4, 0.5) is 0 Å². The maximum atomic E-state index is 11.8. The lowest BCUT2D eigenvalue weighted by molar-refractivity contribution is 0.410. The summed E-state index contributed by atoms with van der Waals surface area (Å²) >= 11 is 1.21. The largest absolute Gasteiger partial charge is 0.323 e. The van der Waals surface area contributed by atoms with E-state index in [-0.39, 0.29) is 5.92 Å². The van der Waals surface area contributed by atoms with Gasteiger partial charge in [-0.1, -0.05) is 72.0 Å². The highest BCUT2D eigenvalue weighted by atomic mass is 32.7. The van der Waals surface area contributed by atoms with Gasteiger partial charge in [0, 0.05) is 18.8 Å². The van der Waals surface area contributed by atoms with Gasteiger partial charge < -0.3 is 4.52 Å². The Morgan fingerprint density at radius 2 is 1.52 bits per heavy atom. The van der Waals surface area contributed by atoms with E-state index < -0.39 is 6.72 Å². The van der Waals surface area contributed by atoms with Crippen LogP contribution < -0.4 is 5.50 Å². The molecule has 1 atom stereocenters. The molecule has 0 aliphatic rings. The van der Waals surface area contributed by atoms with E-state index in [1.165, 1.54) is 29.6 Å². The maximum absolute atomic E-state index is 11.8. The fourth-order valence-corrected chi connectivity index (χ4v) is 4.34. The van der Waals surface area contributed by atoms with Crippen molar-refractivity contribution in [3.63, 3.8) is 0 Å². The van der Waals surface area contributed by atoms with Crippen molar-refractivity contribution in [2.24, 2.45) is 5.50 Å². The molecule has 2 N–H and O–H groups in total. The summed E-state index contributed by atoms with van der Waals surface area (Å²) in [5.41, 5.74) is 8.09. The molecule has 112 valence electrons. The summed E-state index contributed by atoms with van der Waals surface area (Å²) < 4.78 is 16.6. The third kappa shape index (κ3) is 5.01. The lowest BCUT2D eigenvalue weighted by Crippen LogP contribution is -2.03. The van der Waals surface area contributed by atoms with Gasteiger partial charge in [0.1, 0.15) is 0 Å². The van der Waals surface area contributed by atoms with E-state index in [9.17, 15) is 4.57 Å². The Bertz CT molecular complexity index is 552. The van der Waals surface area contributed by atoms with Crippen molar-refractivity contribution in [3.05, 3.63) is 71.8 Å². The van der Waals surface area contributed by atoms with Crippen molar-refractivity contribution in [2.75, 3.05) is 12.9 Å². The summed E-state index contributed by atoms with van der Waals surface area (Å²) in [4.78, 5) is 0. The van der Waals surface area contributed by atoms with Crippen molar-refractivity contribution in [1.82, 2.24) is 0 Å². The minimum absolute atomic E-state index is 0.275. The van der Waals surface area contributed by atoms with E-state index in [2.05, 4.69) is 24.3 Å². The predicted octanol–water partition coefficient (Wildman–Crippen LogP) is 4.66. The minimum atomic E-state index is -3.00. The first-order valence-electron chi connectivity index (χ1n) is 6.81. The van der Waals surface area contributed by atoms with E-state index in [0.717, 1.165) is 6.42 Å². The van der Waals surface area contributed by atoms with Gasteiger partial charge in [-0.05, 0) is 17.5 Å². The molecule has 0 saturated heterocycles. The first kappa shape index (κ1) is 16.3. The van der Waals surface area contributed by atoms with E-state index in [1.807, 2.05) is 36.4 Å². The standard InChI is InChI=1S/C16H20NO2PS/c1-19-20(17,18)21-13-12-16(14-8-4-2-5-9-14)15-10-6-3-7-11-15/h2-11,16H,12-13H2,1H3,(H2,17,18). The molecule has 0 amide bonds. The third-order valence-electron chi connectivity index (χ3n) is 3.34. The van der Waals surface area contributed by atoms with Gasteiger partial charge in [-0.3, -0.25) is 10.1 Å². The Labute approximate surface area is 130 Å². The van der Waals surface area contributed by atoms with Crippen LogP contribution in [0.1, 0.15) is 23.5 Å². The highest BCUT2D eigenvalue weighted by molar-refractivity contribution is 8.55. The van der Waals surface area contributed by atoms with Crippen LogP contribution in [0.15, 0.2) is 60.7 Å². The Morgan fingerprint density at radius 3 is 1.95 bits per heavy atom. The van der Waals surface area contributed by atoms with Gasteiger partial charge in [0.05, 0.1) is 0 Å². The van der Waals surface area contributed by atoms with Crippen LogP contribution in [-0.2, 0) is 9.09 Å². The molecule has 5 heteroatoms. The smallest absolute Gasteiger partial charge is 0.313 e. The van der Waals surface area contributed by atoms with Gasteiger partial charge in [-0.15, -0.1) is 0 Å². The predicted molar refractivity (Wildman–Crippen MR) is 90.6 cm³/mol. The zero-order valence-electron chi connectivity index (χ0n) is 12.0. The highest BCUT2D eigenvalue weighted by Crippen LogP contribution is 2.52. The summed E-state index contributed by atoms with van der Waals surface area (Å²) in [5, 5.41) is 0. The van der Waals surface area contributed by atoms with Gasteiger partial charge in [0.2, 0.25) is 0 Å².